The fourth-order valence-corrected chi connectivity index (χ4v) is 2.82. The lowest BCUT2D eigenvalue weighted by Crippen LogP contribution is -1.98. The van der Waals surface area contributed by atoms with Gasteiger partial charge in [-0.1, -0.05) is 30.3 Å². The summed E-state index contributed by atoms with van der Waals surface area (Å²) in [7, 11) is -1.08. The molecule has 0 saturated heterocycles. The Bertz CT molecular complexity index is 660. The van der Waals surface area contributed by atoms with E-state index in [1.165, 1.54) is 0 Å². The summed E-state index contributed by atoms with van der Waals surface area (Å²) in [5, 5.41) is 0. The summed E-state index contributed by atoms with van der Waals surface area (Å²) in [5.41, 5.74) is 3.66. The van der Waals surface area contributed by atoms with Crippen molar-refractivity contribution < 1.29 is 9.00 Å². The first-order valence-corrected chi connectivity index (χ1v) is 7.61. The Balaban J connectivity index is 2.72. The number of carbonyl (C=O) groups is 1. The molecular formula is C16H16O2S. The zero-order valence-corrected chi connectivity index (χ0v) is 12.1. The highest BCUT2D eigenvalue weighted by molar-refractivity contribution is 7.84. The van der Waals surface area contributed by atoms with Gasteiger partial charge >= 0.3 is 0 Å². The minimum atomic E-state index is -1.08. The van der Waals surface area contributed by atoms with Crippen molar-refractivity contribution in [3.8, 4) is 11.1 Å². The molecule has 2 rings (SSSR count). The lowest BCUT2D eigenvalue weighted by atomic mass is 9.98. The van der Waals surface area contributed by atoms with Gasteiger partial charge in [0.2, 0.25) is 0 Å². The smallest absolute Gasteiger partial charge is 0.159 e. The van der Waals surface area contributed by atoms with Crippen molar-refractivity contribution in [3.63, 3.8) is 0 Å². The van der Waals surface area contributed by atoms with Crippen molar-refractivity contribution in [2.75, 3.05) is 6.26 Å². The minimum Gasteiger partial charge on any atom is -0.295 e. The van der Waals surface area contributed by atoms with E-state index in [9.17, 15) is 9.00 Å². The van der Waals surface area contributed by atoms with Gasteiger partial charge in [-0.3, -0.25) is 9.00 Å². The van der Waals surface area contributed by atoms with E-state index in [2.05, 4.69) is 0 Å². The number of rotatable bonds is 3. The molecule has 0 amide bonds. The Kier molecular flexibility index (Phi) is 3.96. The van der Waals surface area contributed by atoms with Crippen molar-refractivity contribution in [1.82, 2.24) is 0 Å². The third-order valence-corrected chi connectivity index (χ3v) is 4.11. The normalized spacial score (nSPS) is 12.2. The lowest BCUT2D eigenvalue weighted by Gasteiger charge is -2.11. The summed E-state index contributed by atoms with van der Waals surface area (Å²) in [6, 6.07) is 13.3. The molecule has 3 heteroatoms. The molecule has 1 atom stereocenters. The monoisotopic (exact) mass is 272 g/mol. The molecule has 2 nitrogen and oxygen atoms in total. The molecule has 0 aliphatic heterocycles. The van der Waals surface area contributed by atoms with Gasteiger partial charge in [-0.2, -0.15) is 0 Å². The van der Waals surface area contributed by atoms with Gasteiger partial charge in [-0.25, -0.2) is 0 Å². The average molecular weight is 272 g/mol. The fourth-order valence-electron chi connectivity index (χ4n) is 2.09. The summed E-state index contributed by atoms with van der Waals surface area (Å²) >= 11 is 0. The Morgan fingerprint density at radius 3 is 2.32 bits per heavy atom. The highest BCUT2D eigenvalue weighted by atomic mass is 32.2. The summed E-state index contributed by atoms with van der Waals surface area (Å²) in [6.45, 7) is 3.55. The van der Waals surface area contributed by atoms with Gasteiger partial charge in [-0.15, -0.1) is 0 Å². The zero-order chi connectivity index (χ0) is 14.0. The quantitative estimate of drug-likeness (QED) is 0.800. The molecule has 0 N–H and O–H groups in total. The van der Waals surface area contributed by atoms with Crippen LogP contribution in [0.2, 0.25) is 0 Å². The second-order valence-corrected chi connectivity index (χ2v) is 5.88. The molecule has 0 fully saturated rings. The van der Waals surface area contributed by atoms with Crippen LogP contribution in [0.5, 0.6) is 0 Å². The number of benzene rings is 2. The topological polar surface area (TPSA) is 34.1 Å². The van der Waals surface area contributed by atoms with E-state index < -0.39 is 10.8 Å². The fraction of sp³-hybridized carbons (Fsp3) is 0.188. The van der Waals surface area contributed by atoms with Crippen LogP contribution in [0.1, 0.15) is 22.8 Å². The van der Waals surface area contributed by atoms with Crippen LogP contribution in [0, 0.1) is 6.92 Å². The van der Waals surface area contributed by atoms with E-state index in [1.807, 2.05) is 37.3 Å². The van der Waals surface area contributed by atoms with Gasteiger partial charge in [0, 0.05) is 16.7 Å². The Labute approximate surface area is 115 Å². The van der Waals surface area contributed by atoms with E-state index in [-0.39, 0.29) is 5.78 Å². The molecule has 19 heavy (non-hydrogen) atoms. The second-order valence-electron chi connectivity index (χ2n) is 4.54. The number of aryl methyl sites for hydroxylation is 1. The summed E-state index contributed by atoms with van der Waals surface area (Å²) < 4.78 is 11.9. The standard InChI is InChI=1S/C16H16O2S/c1-11-6-4-5-7-14(11)15-10-13(12(2)17)8-9-16(15)19(3)18/h4-10H,1-3H3. The minimum absolute atomic E-state index is 0.0169. The number of carbonyl (C=O) groups excluding carboxylic acids is 1. The summed E-state index contributed by atoms with van der Waals surface area (Å²) in [6.07, 6.45) is 1.66. The van der Waals surface area contributed by atoms with Gasteiger partial charge in [-0.05, 0) is 42.7 Å². The first-order chi connectivity index (χ1) is 9.00. The van der Waals surface area contributed by atoms with Crippen molar-refractivity contribution in [2.45, 2.75) is 18.7 Å². The predicted molar refractivity (Wildman–Crippen MR) is 79.0 cm³/mol. The zero-order valence-electron chi connectivity index (χ0n) is 11.3. The van der Waals surface area contributed by atoms with Gasteiger partial charge in [0.25, 0.3) is 0 Å². The lowest BCUT2D eigenvalue weighted by molar-refractivity contribution is 0.101. The van der Waals surface area contributed by atoms with Gasteiger partial charge < -0.3 is 0 Å². The summed E-state index contributed by atoms with van der Waals surface area (Å²) in [4.78, 5) is 12.3. The molecule has 0 aliphatic rings. The van der Waals surface area contributed by atoms with Crippen LogP contribution in [0.4, 0.5) is 0 Å². The van der Waals surface area contributed by atoms with Crippen LogP contribution >= 0.6 is 0 Å². The van der Waals surface area contributed by atoms with Crippen LogP contribution in [0.3, 0.4) is 0 Å². The van der Waals surface area contributed by atoms with E-state index in [4.69, 9.17) is 0 Å². The Morgan fingerprint density at radius 2 is 1.74 bits per heavy atom. The molecule has 0 aromatic heterocycles. The highest BCUT2D eigenvalue weighted by Crippen LogP contribution is 2.29. The number of ketones is 1. The summed E-state index contributed by atoms with van der Waals surface area (Å²) in [5.74, 6) is 0.0169. The van der Waals surface area contributed by atoms with Crippen LogP contribution in [0.25, 0.3) is 11.1 Å². The average Bonchev–Trinajstić information content (AvgIpc) is 2.38. The van der Waals surface area contributed by atoms with Gasteiger partial charge in [0.1, 0.15) is 0 Å². The molecule has 1 unspecified atom stereocenters. The van der Waals surface area contributed by atoms with Gasteiger partial charge in [0.05, 0.1) is 10.8 Å². The first kappa shape index (κ1) is 13.7. The molecule has 0 radical (unpaired) electrons. The van der Waals surface area contributed by atoms with Crippen LogP contribution in [-0.2, 0) is 10.8 Å². The molecular weight excluding hydrogens is 256 g/mol. The molecule has 0 spiro atoms. The maximum Gasteiger partial charge on any atom is 0.159 e. The second kappa shape index (κ2) is 5.49. The molecule has 0 aliphatic carbocycles. The SMILES string of the molecule is CC(=O)c1ccc(S(C)=O)c(-c2ccccc2C)c1. The third kappa shape index (κ3) is 2.82. The van der Waals surface area contributed by atoms with Crippen LogP contribution in [-0.4, -0.2) is 16.2 Å². The maximum atomic E-state index is 11.9. The highest BCUT2D eigenvalue weighted by Gasteiger charge is 2.12. The van der Waals surface area contributed by atoms with E-state index >= 15 is 0 Å². The molecule has 98 valence electrons. The molecule has 2 aromatic rings. The molecule has 0 heterocycles. The van der Waals surface area contributed by atoms with Crippen LogP contribution in [0.15, 0.2) is 47.4 Å². The van der Waals surface area contributed by atoms with Crippen molar-refractivity contribution in [3.05, 3.63) is 53.6 Å². The van der Waals surface area contributed by atoms with E-state index in [0.29, 0.717) is 5.56 Å². The third-order valence-electron chi connectivity index (χ3n) is 3.13. The van der Waals surface area contributed by atoms with Crippen molar-refractivity contribution in [1.29, 1.82) is 0 Å². The number of Topliss-reactive ketones (excluding diaryl/α,β-unsaturated/α-hetero) is 1. The Morgan fingerprint density at radius 1 is 1.05 bits per heavy atom. The maximum absolute atomic E-state index is 11.9. The number of hydrogen-bond acceptors (Lipinski definition) is 2. The predicted octanol–water partition coefficient (Wildman–Crippen LogP) is 3.60. The van der Waals surface area contributed by atoms with Crippen molar-refractivity contribution >= 4 is 16.6 Å². The molecule has 0 bridgehead atoms. The van der Waals surface area contributed by atoms with E-state index in [0.717, 1.165) is 21.6 Å². The van der Waals surface area contributed by atoms with Crippen LogP contribution < -0.4 is 0 Å². The van der Waals surface area contributed by atoms with E-state index in [1.54, 1.807) is 25.3 Å². The number of hydrogen-bond donors (Lipinski definition) is 0. The molecule has 0 saturated carbocycles. The van der Waals surface area contributed by atoms with Crippen molar-refractivity contribution in [2.24, 2.45) is 0 Å². The molecule has 2 aromatic carbocycles. The van der Waals surface area contributed by atoms with Gasteiger partial charge in [0.15, 0.2) is 5.78 Å². The first-order valence-electron chi connectivity index (χ1n) is 6.05. The largest absolute Gasteiger partial charge is 0.295 e. The Hall–Kier alpha value is -1.74.